The normalized spacial score (nSPS) is 11.1. The molecule has 0 spiro atoms. The van der Waals surface area contributed by atoms with Crippen LogP contribution >= 0.6 is 22.9 Å². The van der Waals surface area contributed by atoms with E-state index in [1.54, 1.807) is 0 Å². The molecule has 4 nitrogen and oxygen atoms in total. The lowest BCUT2D eigenvalue weighted by Crippen LogP contribution is -2.01. The average molecular weight is 293 g/mol. The van der Waals surface area contributed by atoms with E-state index >= 15 is 0 Å². The van der Waals surface area contributed by atoms with Crippen molar-refractivity contribution in [1.29, 1.82) is 0 Å². The van der Waals surface area contributed by atoms with Crippen LogP contribution in [-0.2, 0) is 4.74 Å². The van der Waals surface area contributed by atoms with Gasteiger partial charge in [-0.05, 0) is 6.07 Å². The number of nitrogens with zero attached hydrogens (tertiary/aromatic N) is 1. The molecular formula is C13H9ClN2O2S. The number of fused-ring (bicyclic) bond motifs is 3. The summed E-state index contributed by atoms with van der Waals surface area (Å²) in [5.74, 6) is -0.459. The molecule has 2 heterocycles. The minimum absolute atomic E-state index is 0.303. The number of rotatable bonds is 1. The van der Waals surface area contributed by atoms with Crippen LogP contribution < -0.4 is 5.73 Å². The molecule has 6 heteroatoms. The van der Waals surface area contributed by atoms with E-state index in [1.807, 2.05) is 24.3 Å². The van der Waals surface area contributed by atoms with Crippen LogP contribution in [0, 0.1) is 0 Å². The molecule has 0 aliphatic carbocycles. The maximum atomic E-state index is 11.7. The number of anilines is 1. The smallest absolute Gasteiger partial charge is 0.350 e. The van der Waals surface area contributed by atoms with Gasteiger partial charge in [0.15, 0.2) is 0 Å². The number of esters is 1. The van der Waals surface area contributed by atoms with Crippen molar-refractivity contribution in [1.82, 2.24) is 4.98 Å². The van der Waals surface area contributed by atoms with Gasteiger partial charge in [-0.2, -0.15) is 0 Å². The molecule has 0 saturated carbocycles. The Balaban J connectivity index is 2.48. The van der Waals surface area contributed by atoms with Crippen LogP contribution in [0.3, 0.4) is 0 Å². The summed E-state index contributed by atoms with van der Waals surface area (Å²) >= 11 is 7.44. The van der Waals surface area contributed by atoms with Crippen LogP contribution in [-0.4, -0.2) is 18.1 Å². The lowest BCUT2D eigenvalue weighted by molar-refractivity contribution is 0.0607. The first-order valence-corrected chi connectivity index (χ1v) is 6.67. The Labute approximate surface area is 117 Å². The highest BCUT2D eigenvalue weighted by Gasteiger charge is 2.21. The summed E-state index contributed by atoms with van der Waals surface area (Å²) in [5, 5.41) is 1.84. The third-order valence-electron chi connectivity index (χ3n) is 2.89. The molecule has 0 fully saturated rings. The molecule has 19 heavy (non-hydrogen) atoms. The second kappa shape index (κ2) is 4.36. The van der Waals surface area contributed by atoms with Gasteiger partial charge in [0.2, 0.25) is 0 Å². The van der Waals surface area contributed by atoms with Crippen molar-refractivity contribution < 1.29 is 9.53 Å². The Morgan fingerprint density at radius 2 is 2.16 bits per heavy atom. The zero-order valence-electron chi connectivity index (χ0n) is 9.94. The molecule has 0 atom stereocenters. The molecule has 0 saturated heterocycles. The Morgan fingerprint density at radius 3 is 2.89 bits per heavy atom. The van der Waals surface area contributed by atoms with Crippen LogP contribution in [0.4, 0.5) is 5.69 Å². The highest BCUT2D eigenvalue weighted by molar-refractivity contribution is 7.22. The average Bonchev–Trinajstić information content (AvgIpc) is 2.77. The molecule has 3 aromatic rings. The van der Waals surface area contributed by atoms with E-state index in [9.17, 15) is 4.79 Å². The zero-order valence-corrected chi connectivity index (χ0v) is 11.5. The quantitative estimate of drug-likeness (QED) is 0.551. The fraction of sp³-hybridized carbons (Fsp3) is 0.0769. The molecular weight excluding hydrogens is 284 g/mol. The van der Waals surface area contributed by atoms with Crippen LogP contribution in [0.15, 0.2) is 24.3 Å². The summed E-state index contributed by atoms with van der Waals surface area (Å²) in [4.78, 5) is 16.4. The molecule has 0 radical (unpaired) electrons. The van der Waals surface area contributed by atoms with Crippen molar-refractivity contribution in [2.24, 2.45) is 0 Å². The standard InChI is InChI=1S/C13H9ClN2O2S/c1-18-13(17)11-9(15)8-10(19-11)6-4-2-3-5-7(6)16-12(8)14/h2-5H,15H2,1H3. The monoisotopic (exact) mass is 292 g/mol. The number of nitrogen functional groups attached to an aromatic ring is 1. The fourth-order valence-corrected chi connectivity index (χ4v) is 3.52. The largest absolute Gasteiger partial charge is 0.465 e. The van der Waals surface area contributed by atoms with Crippen LogP contribution in [0.2, 0.25) is 5.15 Å². The molecule has 96 valence electrons. The Morgan fingerprint density at radius 1 is 1.42 bits per heavy atom. The number of benzene rings is 1. The third-order valence-corrected chi connectivity index (χ3v) is 4.38. The molecule has 2 N–H and O–H groups in total. The summed E-state index contributed by atoms with van der Waals surface area (Å²) in [7, 11) is 1.32. The minimum Gasteiger partial charge on any atom is -0.465 e. The van der Waals surface area contributed by atoms with Gasteiger partial charge in [-0.3, -0.25) is 0 Å². The third kappa shape index (κ3) is 1.74. The van der Waals surface area contributed by atoms with Gasteiger partial charge in [0.1, 0.15) is 10.0 Å². The van der Waals surface area contributed by atoms with E-state index in [4.69, 9.17) is 22.1 Å². The second-order valence-electron chi connectivity index (χ2n) is 3.96. The van der Waals surface area contributed by atoms with Gasteiger partial charge >= 0.3 is 5.97 Å². The van der Waals surface area contributed by atoms with E-state index < -0.39 is 5.97 Å². The second-order valence-corrected chi connectivity index (χ2v) is 5.34. The van der Waals surface area contributed by atoms with Crippen molar-refractivity contribution >= 4 is 55.6 Å². The number of hydrogen-bond donors (Lipinski definition) is 1. The van der Waals surface area contributed by atoms with Crippen molar-refractivity contribution in [3.05, 3.63) is 34.3 Å². The lowest BCUT2D eigenvalue weighted by atomic mass is 10.1. The fourth-order valence-electron chi connectivity index (χ4n) is 2.01. The van der Waals surface area contributed by atoms with Crippen LogP contribution in [0.25, 0.3) is 21.0 Å². The van der Waals surface area contributed by atoms with E-state index in [1.165, 1.54) is 18.4 Å². The summed E-state index contributed by atoms with van der Waals surface area (Å²) in [6.07, 6.45) is 0. The first kappa shape index (κ1) is 12.2. The van der Waals surface area contributed by atoms with E-state index in [0.29, 0.717) is 21.1 Å². The topological polar surface area (TPSA) is 65.2 Å². The summed E-state index contributed by atoms with van der Waals surface area (Å²) in [6, 6.07) is 7.59. The zero-order chi connectivity index (χ0) is 13.6. The number of methoxy groups -OCH3 is 1. The lowest BCUT2D eigenvalue weighted by Gasteiger charge is -2.01. The molecule has 0 amide bonds. The van der Waals surface area contributed by atoms with Gasteiger partial charge in [-0.25, -0.2) is 9.78 Å². The van der Waals surface area contributed by atoms with Crippen molar-refractivity contribution in [2.75, 3.05) is 12.8 Å². The number of nitrogens with two attached hydrogens (primary N) is 1. The van der Waals surface area contributed by atoms with E-state index in [-0.39, 0.29) is 0 Å². The Kier molecular flexibility index (Phi) is 2.80. The predicted octanol–water partition coefficient (Wildman–Crippen LogP) is 3.47. The molecule has 0 aliphatic heterocycles. The molecule has 0 aliphatic rings. The first-order chi connectivity index (χ1) is 9.13. The number of ether oxygens (including phenoxy) is 1. The van der Waals surface area contributed by atoms with Gasteiger partial charge in [-0.1, -0.05) is 29.8 Å². The highest BCUT2D eigenvalue weighted by Crippen LogP contribution is 2.41. The van der Waals surface area contributed by atoms with Crippen molar-refractivity contribution in [2.45, 2.75) is 0 Å². The maximum Gasteiger partial charge on any atom is 0.350 e. The van der Waals surface area contributed by atoms with E-state index in [2.05, 4.69) is 4.98 Å². The minimum atomic E-state index is -0.459. The molecule has 0 unspecified atom stereocenters. The SMILES string of the molecule is COC(=O)c1sc2c(c(Cl)nc3ccccc32)c1N. The number of carbonyl (C=O) groups excluding carboxylic acids is 1. The van der Waals surface area contributed by atoms with Gasteiger partial charge < -0.3 is 10.5 Å². The van der Waals surface area contributed by atoms with Gasteiger partial charge in [0.05, 0.1) is 23.7 Å². The van der Waals surface area contributed by atoms with Gasteiger partial charge in [0.25, 0.3) is 0 Å². The number of hydrogen-bond acceptors (Lipinski definition) is 5. The summed E-state index contributed by atoms with van der Waals surface area (Å²) in [6.45, 7) is 0. The Bertz CT molecular complexity index is 813. The van der Waals surface area contributed by atoms with Crippen LogP contribution in [0.1, 0.15) is 9.67 Å². The number of carbonyl (C=O) groups is 1. The van der Waals surface area contributed by atoms with E-state index in [0.717, 1.165) is 15.6 Å². The number of thiophene rings is 1. The number of para-hydroxylation sites is 1. The maximum absolute atomic E-state index is 11.7. The Hall–Kier alpha value is -1.85. The predicted molar refractivity (Wildman–Crippen MR) is 77.9 cm³/mol. The summed E-state index contributed by atoms with van der Waals surface area (Å²) in [5.41, 5.74) is 7.10. The molecule has 1 aromatic carbocycles. The van der Waals surface area contributed by atoms with Crippen molar-refractivity contribution in [3.63, 3.8) is 0 Å². The van der Waals surface area contributed by atoms with Crippen LogP contribution in [0.5, 0.6) is 0 Å². The number of aromatic nitrogens is 1. The number of pyridine rings is 1. The van der Waals surface area contributed by atoms with Gasteiger partial charge in [-0.15, -0.1) is 11.3 Å². The first-order valence-electron chi connectivity index (χ1n) is 5.48. The number of halogens is 1. The molecule has 3 rings (SSSR count). The molecule has 2 aromatic heterocycles. The molecule has 0 bridgehead atoms. The van der Waals surface area contributed by atoms with Gasteiger partial charge in [0, 0.05) is 10.1 Å². The van der Waals surface area contributed by atoms with Crippen molar-refractivity contribution in [3.8, 4) is 0 Å². The summed E-state index contributed by atoms with van der Waals surface area (Å²) < 4.78 is 5.58. The highest BCUT2D eigenvalue weighted by atomic mass is 35.5.